The van der Waals surface area contributed by atoms with E-state index in [-0.39, 0.29) is 6.54 Å². The van der Waals surface area contributed by atoms with Crippen molar-refractivity contribution in [1.82, 2.24) is 10.2 Å². The highest BCUT2D eigenvalue weighted by atomic mass is 19.4. The largest absolute Gasteiger partial charge is 0.405 e. The summed E-state index contributed by atoms with van der Waals surface area (Å²) < 4.78 is 36.7. The molecule has 1 unspecified atom stereocenters. The third-order valence-electron chi connectivity index (χ3n) is 2.90. The van der Waals surface area contributed by atoms with Crippen molar-refractivity contribution in [3.05, 3.63) is 0 Å². The lowest BCUT2D eigenvalue weighted by Gasteiger charge is -2.20. The second-order valence-corrected chi connectivity index (χ2v) is 4.71. The average Bonchev–Trinajstić information content (AvgIpc) is 2.25. The van der Waals surface area contributed by atoms with Crippen LogP contribution in [0.15, 0.2) is 0 Å². The molecule has 3 nitrogen and oxygen atoms in total. The molecule has 106 valence electrons. The molecule has 0 aliphatic carbocycles. The molecule has 0 rings (SSSR count). The first kappa shape index (κ1) is 17.2. The monoisotopic (exact) mass is 265 g/mol. The van der Waals surface area contributed by atoms with Crippen molar-refractivity contribution in [3.63, 3.8) is 0 Å². The Balaban J connectivity index is 3.60. The van der Waals surface area contributed by atoms with Crippen molar-refractivity contribution < 1.29 is 13.2 Å². The van der Waals surface area contributed by atoms with Crippen molar-refractivity contribution >= 4 is 0 Å². The van der Waals surface area contributed by atoms with Crippen molar-refractivity contribution in [2.45, 2.75) is 38.9 Å². The number of nitrogens with zero attached hydrogens (tertiary/aromatic N) is 2. The van der Waals surface area contributed by atoms with Gasteiger partial charge in [-0.2, -0.15) is 18.4 Å². The Morgan fingerprint density at radius 2 is 1.89 bits per heavy atom. The van der Waals surface area contributed by atoms with Crippen LogP contribution in [0.4, 0.5) is 13.2 Å². The summed E-state index contributed by atoms with van der Waals surface area (Å²) in [6, 6.07) is 1.75. The van der Waals surface area contributed by atoms with E-state index < -0.39 is 12.1 Å². The molecular weight excluding hydrogens is 243 g/mol. The Hall–Kier alpha value is -0.800. The smallest absolute Gasteiger partial charge is 0.315 e. The van der Waals surface area contributed by atoms with Crippen LogP contribution in [0.3, 0.4) is 0 Å². The van der Waals surface area contributed by atoms with Crippen LogP contribution in [-0.4, -0.2) is 43.8 Å². The molecule has 0 aromatic heterocycles. The molecule has 0 aromatic carbocycles. The van der Waals surface area contributed by atoms with Gasteiger partial charge in [0, 0.05) is 12.6 Å². The topological polar surface area (TPSA) is 39.1 Å². The molecule has 0 amide bonds. The Kier molecular flexibility index (Phi) is 7.96. The molecule has 0 bridgehead atoms. The summed E-state index contributed by atoms with van der Waals surface area (Å²) in [7, 11) is 2.02. The fraction of sp³-hybridized carbons (Fsp3) is 0.917. The predicted octanol–water partition coefficient (Wildman–Crippen LogP) is 2.40. The van der Waals surface area contributed by atoms with E-state index in [1.807, 2.05) is 7.05 Å². The minimum Gasteiger partial charge on any atom is -0.315 e. The van der Waals surface area contributed by atoms with Crippen molar-refractivity contribution in [2.75, 3.05) is 26.7 Å². The second kappa shape index (κ2) is 8.33. The lowest BCUT2D eigenvalue weighted by molar-refractivity contribution is -0.157. The maximum absolute atomic E-state index is 12.2. The van der Waals surface area contributed by atoms with Crippen LogP contribution < -0.4 is 5.32 Å². The van der Waals surface area contributed by atoms with Gasteiger partial charge in [0.1, 0.15) is 0 Å². The zero-order chi connectivity index (χ0) is 14.2. The lowest BCUT2D eigenvalue weighted by Crippen LogP contribution is -2.33. The van der Waals surface area contributed by atoms with E-state index in [4.69, 9.17) is 5.26 Å². The molecule has 0 aromatic rings. The van der Waals surface area contributed by atoms with E-state index in [0.717, 1.165) is 19.4 Å². The van der Waals surface area contributed by atoms with Crippen LogP contribution in [0, 0.1) is 17.2 Å². The summed E-state index contributed by atoms with van der Waals surface area (Å²) >= 11 is 0. The summed E-state index contributed by atoms with van der Waals surface area (Å²) in [5.41, 5.74) is 0. The van der Waals surface area contributed by atoms with E-state index in [0.29, 0.717) is 12.6 Å². The van der Waals surface area contributed by atoms with E-state index in [2.05, 4.69) is 24.1 Å². The number of unbranched alkanes of at least 4 members (excludes halogenated alkanes) is 1. The molecule has 18 heavy (non-hydrogen) atoms. The first-order valence-electron chi connectivity index (χ1n) is 6.16. The van der Waals surface area contributed by atoms with Gasteiger partial charge in [0.25, 0.3) is 0 Å². The molecule has 0 saturated heterocycles. The number of nitriles is 1. The second-order valence-electron chi connectivity index (χ2n) is 4.71. The highest BCUT2D eigenvalue weighted by Gasteiger charge is 2.39. The molecular formula is C12H22F3N3. The highest BCUT2D eigenvalue weighted by Crippen LogP contribution is 2.24. The third kappa shape index (κ3) is 7.51. The zero-order valence-corrected chi connectivity index (χ0v) is 11.2. The maximum atomic E-state index is 12.2. The molecule has 1 atom stereocenters. The molecule has 0 fully saturated rings. The summed E-state index contributed by atoms with van der Waals surface area (Å²) in [5, 5.41) is 11.1. The zero-order valence-electron chi connectivity index (χ0n) is 11.2. The van der Waals surface area contributed by atoms with Gasteiger partial charge >= 0.3 is 6.18 Å². The normalized spacial score (nSPS) is 13.9. The van der Waals surface area contributed by atoms with Gasteiger partial charge in [-0.05, 0) is 46.8 Å². The fourth-order valence-corrected chi connectivity index (χ4v) is 1.35. The van der Waals surface area contributed by atoms with Gasteiger partial charge in [-0.15, -0.1) is 0 Å². The van der Waals surface area contributed by atoms with Gasteiger partial charge in [0.15, 0.2) is 5.92 Å². The number of nitrogens with one attached hydrogen (secondary N) is 1. The van der Waals surface area contributed by atoms with E-state index in [1.54, 1.807) is 0 Å². The molecule has 0 heterocycles. The van der Waals surface area contributed by atoms with Gasteiger partial charge in [-0.3, -0.25) is 0 Å². The third-order valence-corrected chi connectivity index (χ3v) is 2.90. The summed E-state index contributed by atoms with van der Waals surface area (Å²) in [5.74, 6) is -1.91. The van der Waals surface area contributed by atoms with Crippen LogP contribution in [-0.2, 0) is 0 Å². The van der Waals surface area contributed by atoms with E-state index in [9.17, 15) is 13.2 Å². The standard InChI is InChI=1S/C12H22F3N3/c1-10(2)18(3)7-5-4-6-17-9-11(8-16)12(13,14)15/h10-11,17H,4-7,9H2,1-3H3. The number of halogens is 3. The van der Waals surface area contributed by atoms with E-state index in [1.165, 1.54) is 6.07 Å². The van der Waals surface area contributed by atoms with Crippen molar-refractivity contribution in [2.24, 2.45) is 5.92 Å². The Morgan fingerprint density at radius 3 is 2.33 bits per heavy atom. The molecule has 0 saturated carbocycles. The SMILES string of the molecule is CC(C)N(C)CCCCNCC(C#N)C(F)(F)F. The number of hydrogen-bond donors (Lipinski definition) is 1. The summed E-state index contributed by atoms with van der Waals surface area (Å²) in [4.78, 5) is 2.19. The summed E-state index contributed by atoms with van der Waals surface area (Å²) in [6.45, 7) is 5.32. The molecule has 0 radical (unpaired) electrons. The van der Waals surface area contributed by atoms with Gasteiger partial charge in [0.2, 0.25) is 0 Å². The summed E-state index contributed by atoms with van der Waals surface area (Å²) in [6.07, 6.45) is -2.68. The van der Waals surface area contributed by atoms with Crippen molar-refractivity contribution in [3.8, 4) is 6.07 Å². The predicted molar refractivity (Wildman–Crippen MR) is 65.0 cm³/mol. The van der Waals surface area contributed by atoms with Crippen LogP contribution in [0.1, 0.15) is 26.7 Å². The minimum atomic E-state index is -4.43. The van der Waals surface area contributed by atoms with Crippen LogP contribution in [0.2, 0.25) is 0 Å². The fourth-order valence-electron chi connectivity index (χ4n) is 1.35. The number of alkyl halides is 3. The average molecular weight is 265 g/mol. The first-order chi connectivity index (χ1) is 8.29. The van der Waals surface area contributed by atoms with Gasteiger partial charge < -0.3 is 10.2 Å². The molecule has 6 heteroatoms. The quantitative estimate of drug-likeness (QED) is 0.685. The first-order valence-corrected chi connectivity index (χ1v) is 6.16. The van der Waals surface area contributed by atoms with E-state index >= 15 is 0 Å². The van der Waals surface area contributed by atoms with Crippen molar-refractivity contribution in [1.29, 1.82) is 5.26 Å². The number of rotatable bonds is 8. The molecule has 1 N–H and O–H groups in total. The van der Waals surface area contributed by atoms with Gasteiger partial charge in [0.05, 0.1) is 6.07 Å². The maximum Gasteiger partial charge on any atom is 0.405 e. The Morgan fingerprint density at radius 1 is 1.28 bits per heavy atom. The van der Waals surface area contributed by atoms with Gasteiger partial charge in [-0.1, -0.05) is 0 Å². The molecule has 0 spiro atoms. The van der Waals surface area contributed by atoms with Gasteiger partial charge in [-0.25, -0.2) is 0 Å². The van der Waals surface area contributed by atoms with Crippen LogP contribution in [0.25, 0.3) is 0 Å². The minimum absolute atomic E-state index is 0.319. The van der Waals surface area contributed by atoms with Crippen LogP contribution in [0.5, 0.6) is 0 Å². The molecule has 0 aliphatic rings. The Labute approximate surface area is 107 Å². The highest BCUT2D eigenvalue weighted by molar-refractivity contribution is 4.89. The molecule has 0 aliphatic heterocycles. The number of hydrogen-bond acceptors (Lipinski definition) is 3. The Bertz CT molecular complexity index is 258. The van der Waals surface area contributed by atoms with Crippen LogP contribution >= 0.6 is 0 Å². The lowest BCUT2D eigenvalue weighted by atomic mass is 10.1.